The van der Waals surface area contributed by atoms with Gasteiger partial charge < -0.3 is 0 Å². The predicted octanol–water partition coefficient (Wildman–Crippen LogP) is 11.0. The monoisotopic (exact) mass is 600 g/mol. The second kappa shape index (κ2) is 19.1. The van der Waals surface area contributed by atoms with Gasteiger partial charge in [0.2, 0.25) is 0 Å². The molecule has 0 unspecified atom stereocenters. The predicted molar refractivity (Wildman–Crippen MR) is 182 cm³/mol. The summed E-state index contributed by atoms with van der Waals surface area (Å²) in [5, 5.41) is 0. The Hall–Kier alpha value is -3.25. The first-order chi connectivity index (χ1) is 21.0. The number of nitrogens with zero attached hydrogens (tertiary/aromatic N) is 1. The summed E-state index contributed by atoms with van der Waals surface area (Å²) < 4.78 is 29.5. The van der Waals surface area contributed by atoms with Crippen LogP contribution in [-0.4, -0.2) is 21.6 Å². The molecule has 43 heavy (non-hydrogen) atoms. The fraction of sp³-hybridized carbons (Fsp3) is 0.368. The van der Waals surface area contributed by atoms with Gasteiger partial charge in [0.15, 0.2) is 0 Å². The first-order valence-electron chi connectivity index (χ1n) is 16.0. The van der Waals surface area contributed by atoms with Crippen molar-refractivity contribution < 1.29 is 12.6 Å². The zero-order valence-electron chi connectivity index (χ0n) is 26.1. The van der Waals surface area contributed by atoms with Gasteiger partial charge in [-0.3, -0.25) is 4.18 Å². The number of hydrogen-bond donors (Lipinski definition) is 0. The number of unbranched alkanes of at least 4 members (excludes halogenated alkanes) is 9. The fourth-order valence-electron chi connectivity index (χ4n) is 5.46. The van der Waals surface area contributed by atoms with Gasteiger partial charge in [-0.2, -0.15) is 8.42 Å². The van der Waals surface area contributed by atoms with E-state index >= 15 is 0 Å². The molecule has 230 valence electrons. The van der Waals surface area contributed by atoms with Crippen LogP contribution in [0.3, 0.4) is 0 Å². The molecule has 0 atom stereocenters. The third kappa shape index (κ3) is 10.8. The van der Waals surface area contributed by atoms with Crippen LogP contribution in [0.2, 0.25) is 0 Å². The summed E-state index contributed by atoms with van der Waals surface area (Å²) in [4.78, 5) is 0.238. The summed E-state index contributed by atoms with van der Waals surface area (Å²) in [7, 11) is -3.57. The molecule has 0 saturated heterocycles. The van der Waals surface area contributed by atoms with Crippen LogP contribution >= 0.6 is 0 Å². The van der Waals surface area contributed by atoms with E-state index in [1.807, 2.05) is 0 Å². The molecule has 0 aliphatic heterocycles. The van der Waals surface area contributed by atoms with Gasteiger partial charge in [0, 0.05) is 0 Å². The standard InChI is InChI=1S/C20H20N.C18H30O3S/c1-2-21(18-12-6-3-7-13-18,19-14-8-4-9-15-19)20-16-10-5-11-17-20;1-2-3-4-5-6-7-8-9-10-14-17-21-22(19,20)18-15-12-11-13-16-18/h3-17H,2H2,1H3;11-13,15-16H,2-10,14,17H2,1H3/q+1;. The van der Waals surface area contributed by atoms with Crippen molar-refractivity contribution in [2.75, 3.05) is 13.2 Å². The third-order valence-electron chi connectivity index (χ3n) is 7.83. The molecular weight excluding hydrogens is 550 g/mol. The van der Waals surface area contributed by atoms with Gasteiger partial charge in [-0.25, -0.2) is 4.48 Å². The Morgan fingerprint density at radius 2 is 0.837 bits per heavy atom. The van der Waals surface area contributed by atoms with Gasteiger partial charge >= 0.3 is 0 Å². The SMILES string of the molecule is CCCCCCCCCCCCOS(=O)(=O)c1ccccc1.CC[N+](c1ccccc1)(c1ccccc1)c1ccccc1. The molecule has 0 fully saturated rings. The third-order valence-corrected chi connectivity index (χ3v) is 9.16. The maximum atomic E-state index is 11.9. The summed E-state index contributed by atoms with van der Waals surface area (Å²) in [6.07, 6.45) is 12.3. The molecule has 4 nitrogen and oxygen atoms in total. The number of hydrogen-bond acceptors (Lipinski definition) is 3. The minimum atomic E-state index is -3.57. The van der Waals surface area contributed by atoms with Crippen LogP contribution in [0.25, 0.3) is 0 Å². The van der Waals surface area contributed by atoms with Gasteiger partial charge in [0.1, 0.15) is 17.1 Å². The van der Waals surface area contributed by atoms with Crippen molar-refractivity contribution in [3.63, 3.8) is 0 Å². The summed E-state index contributed by atoms with van der Waals surface area (Å²) >= 11 is 0. The maximum absolute atomic E-state index is 11.9. The quantitative estimate of drug-likeness (QED) is 0.0688. The average molecular weight is 601 g/mol. The summed E-state index contributed by atoms with van der Waals surface area (Å²) in [5.41, 5.74) is 3.87. The number of quaternary nitrogens is 1. The molecular formula is C38H50NO3S+. The van der Waals surface area contributed by atoms with Crippen molar-refractivity contribution in [1.82, 2.24) is 4.48 Å². The molecule has 0 radical (unpaired) electrons. The Labute approximate surface area is 261 Å². The zero-order valence-corrected chi connectivity index (χ0v) is 26.9. The molecule has 0 aliphatic carbocycles. The molecule has 0 aliphatic rings. The molecule has 0 saturated carbocycles. The van der Waals surface area contributed by atoms with Crippen molar-refractivity contribution in [3.05, 3.63) is 121 Å². The topological polar surface area (TPSA) is 43.4 Å². The van der Waals surface area contributed by atoms with Crippen molar-refractivity contribution in [1.29, 1.82) is 0 Å². The van der Waals surface area contributed by atoms with Crippen LogP contribution in [0.5, 0.6) is 0 Å². The van der Waals surface area contributed by atoms with E-state index in [1.54, 1.807) is 30.3 Å². The molecule has 4 aromatic rings. The lowest BCUT2D eigenvalue weighted by atomic mass is 10.1. The number of benzene rings is 4. The lowest BCUT2D eigenvalue weighted by molar-refractivity contribution is 0.306. The molecule has 0 bridgehead atoms. The Balaban J connectivity index is 0.000000235. The molecule has 0 N–H and O–H groups in total. The highest BCUT2D eigenvalue weighted by Gasteiger charge is 2.33. The number of para-hydroxylation sites is 3. The van der Waals surface area contributed by atoms with E-state index in [0.717, 1.165) is 23.9 Å². The van der Waals surface area contributed by atoms with Gasteiger partial charge in [-0.05, 0) is 61.9 Å². The molecule has 0 amide bonds. The second-order valence-corrected chi connectivity index (χ2v) is 12.5. The van der Waals surface area contributed by atoms with Crippen LogP contribution < -0.4 is 4.48 Å². The van der Waals surface area contributed by atoms with Crippen LogP contribution in [0.15, 0.2) is 126 Å². The zero-order chi connectivity index (χ0) is 30.6. The maximum Gasteiger partial charge on any atom is 0.296 e. The highest BCUT2D eigenvalue weighted by Crippen LogP contribution is 2.42. The van der Waals surface area contributed by atoms with Crippen LogP contribution in [0, 0.1) is 0 Å². The molecule has 0 heterocycles. The summed E-state index contributed by atoms with van der Waals surface area (Å²) in [6.45, 7) is 5.73. The highest BCUT2D eigenvalue weighted by atomic mass is 32.2. The Kier molecular flexibility index (Phi) is 15.2. The Bertz CT molecular complexity index is 1270. The molecule has 0 aromatic heterocycles. The minimum absolute atomic E-state index is 0.238. The molecule has 4 rings (SSSR count). The van der Waals surface area contributed by atoms with E-state index in [0.29, 0.717) is 0 Å². The lowest BCUT2D eigenvalue weighted by Gasteiger charge is -2.36. The second-order valence-electron chi connectivity index (χ2n) is 10.9. The largest absolute Gasteiger partial charge is 0.296 e. The molecule has 4 aromatic carbocycles. The highest BCUT2D eigenvalue weighted by molar-refractivity contribution is 7.86. The van der Waals surface area contributed by atoms with Gasteiger partial charge in [-0.1, -0.05) is 138 Å². The van der Waals surface area contributed by atoms with Crippen molar-refractivity contribution in [2.24, 2.45) is 0 Å². The number of rotatable bonds is 17. The van der Waals surface area contributed by atoms with Crippen molar-refractivity contribution in [3.8, 4) is 0 Å². The first kappa shape index (κ1) is 34.2. The average Bonchev–Trinajstić information content (AvgIpc) is 3.06. The first-order valence-corrected chi connectivity index (χ1v) is 17.4. The van der Waals surface area contributed by atoms with E-state index in [-0.39, 0.29) is 11.5 Å². The minimum Gasteiger partial charge on any atom is -0.266 e. The molecule has 0 spiro atoms. The lowest BCUT2D eigenvalue weighted by Crippen LogP contribution is -2.38. The van der Waals surface area contributed by atoms with Gasteiger partial charge in [0.25, 0.3) is 10.1 Å². The van der Waals surface area contributed by atoms with E-state index in [1.165, 1.54) is 68.4 Å². The van der Waals surface area contributed by atoms with E-state index in [9.17, 15) is 8.42 Å². The molecule has 5 heteroatoms. The van der Waals surface area contributed by atoms with E-state index < -0.39 is 10.1 Å². The normalized spacial score (nSPS) is 11.5. The van der Waals surface area contributed by atoms with E-state index in [4.69, 9.17) is 4.18 Å². The smallest absolute Gasteiger partial charge is 0.266 e. The van der Waals surface area contributed by atoms with Crippen molar-refractivity contribution >= 4 is 27.2 Å². The van der Waals surface area contributed by atoms with E-state index in [2.05, 4.69) is 105 Å². The fourth-order valence-corrected chi connectivity index (χ4v) is 6.42. The van der Waals surface area contributed by atoms with Crippen LogP contribution in [0.4, 0.5) is 17.1 Å². The Morgan fingerprint density at radius 3 is 1.21 bits per heavy atom. The van der Waals surface area contributed by atoms with Gasteiger partial charge in [0.05, 0.1) is 18.0 Å². The van der Waals surface area contributed by atoms with Crippen LogP contribution in [0.1, 0.15) is 78.1 Å². The summed E-state index contributed by atoms with van der Waals surface area (Å²) in [5.74, 6) is 0. The van der Waals surface area contributed by atoms with Crippen molar-refractivity contribution in [2.45, 2.75) is 83.0 Å². The van der Waals surface area contributed by atoms with Crippen LogP contribution in [-0.2, 0) is 14.3 Å². The summed E-state index contributed by atoms with van der Waals surface area (Å²) in [6, 6.07) is 40.5. The Morgan fingerprint density at radius 1 is 0.488 bits per heavy atom. The van der Waals surface area contributed by atoms with Gasteiger partial charge in [-0.15, -0.1) is 0 Å².